The Morgan fingerprint density at radius 2 is 1.89 bits per heavy atom. The smallest absolute Gasteiger partial charge is 0.282 e. The van der Waals surface area contributed by atoms with Gasteiger partial charge in [0.2, 0.25) is 5.82 Å². The molecule has 0 N–H and O–H groups in total. The molecule has 2 aromatic heterocycles. The molecule has 0 aliphatic heterocycles. The number of para-hydroxylation sites is 1. The molecule has 0 spiro atoms. The second-order valence-corrected chi connectivity index (χ2v) is 10.2. The minimum absolute atomic E-state index is 0.287. The summed E-state index contributed by atoms with van der Waals surface area (Å²) in [5.41, 5.74) is 1.58. The topological polar surface area (TPSA) is 78.8 Å². The van der Waals surface area contributed by atoms with E-state index in [0.29, 0.717) is 54.9 Å². The molecule has 0 saturated heterocycles. The molecule has 0 saturated carbocycles. The van der Waals surface area contributed by atoms with Gasteiger partial charge in [0.1, 0.15) is 5.58 Å². The highest BCUT2D eigenvalue weighted by atomic mass is 79.9. The van der Waals surface area contributed by atoms with Crippen LogP contribution in [0.2, 0.25) is 0 Å². The summed E-state index contributed by atoms with van der Waals surface area (Å²) < 4.78 is 20.8. The number of furan rings is 1. The molecular formula is C26H18Br3N3O4. The van der Waals surface area contributed by atoms with E-state index >= 15 is 0 Å². The van der Waals surface area contributed by atoms with Crippen LogP contribution >= 0.6 is 47.8 Å². The standard InChI is InChI=1S/C26H18Br3N3O4/c1-3-35-24-20(34-2)12-15(22(28)23(24)29)13-30-32-25(31-18-7-5-4-6-17(18)26(32)33)21-11-14-10-16(27)8-9-19(14)36-21/h4-13H,3H2,1-2H3. The second-order valence-electron chi connectivity index (χ2n) is 7.67. The summed E-state index contributed by atoms with van der Waals surface area (Å²) in [4.78, 5) is 18.2. The third-order valence-electron chi connectivity index (χ3n) is 5.43. The number of nitrogens with zero attached hydrogens (tertiary/aromatic N) is 3. The molecule has 5 rings (SSSR count). The highest BCUT2D eigenvalue weighted by molar-refractivity contribution is 9.13. The van der Waals surface area contributed by atoms with E-state index in [9.17, 15) is 4.79 Å². The number of hydrogen-bond donors (Lipinski definition) is 0. The van der Waals surface area contributed by atoms with Gasteiger partial charge in [-0.2, -0.15) is 9.78 Å². The number of aromatic nitrogens is 2. The van der Waals surface area contributed by atoms with Gasteiger partial charge in [0.25, 0.3) is 5.56 Å². The lowest BCUT2D eigenvalue weighted by molar-refractivity contribution is 0.308. The van der Waals surface area contributed by atoms with E-state index in [1.807, 2.05) is 37.3 Å². The fourth-order valence-electron chi connectivity index (χ4n) is 3.76. The van der Waals surface area contributed by atoms with E-state index in [-0.39, 0.29) is 11.4 Å². The van der Waals surface area contributed by atoms with Gasteiger partial charge in [-0.25, -0.2) is 4.98 Å². The van der Waals surface area contributed by atoms with Gasteiger partial charge in [-0.3, -0.25) is 4.79 Å². The molecule has 0 fully saturated rings. The van der Waals surface area contributed by atoms with Crippen LogP contribution in [0, 0.1) is 0 Å². The van der Waals surface area contributed by atoms with Crippen molar-refractivity contribution in [2.45, 2.75) is 6.92 Å². The van der Waals surface area contributed by atoms with E-state index in [0.717, 1.165) is 9.86 Å². The van der Waals surface area contributed by atoms with Crippen molar-refractivity contribution in [1.82, 2.24) is 9.66 Å². The maximum absolute atomic E-state index is 13.5. The van der Waals surface area contributed by atoms with Crippen LogP contribution in [0.15, 0.2) is 82.3 Å². The van der Waals surface area contributed by atoms with Crippen LogP contribution in [0.5, 0.6) is 11.5 Å². The summed E-state index contributed by atoms with van der Waals surface area (Å²) >= 11 is 10.6. The summed E-state index contributed by atoms with van der Waals surface area (Å²) in [6, 6.07) is 16.5. The molecule has 0 bridgehead atoms. The molecule has 0 unspecified atom stereocenters. The predicted octanol–water partition coefficient (Wildman–Crippen LogP) is 7.39. The predicted molar refractivity (Wildman–Crippen MR) is 151 cm³/mol. The van der Waals surface area contributed by atoms with Gasteiger partial charge < -0.3 is 13.9 Å². The Balaban J connectivity index is 1.71. The molecule has 0 atom stereocenters. The van der Waals surface area contributed by atoms with E-state index in [2.05, 4.69) is 52.9 Å². The number of methoxy groups -OCH3 is 1. The highest BCUT2D eigenvalue weighted by Gasteiger charge is 2.19. The Morgan fingerprint density at radius 3 is 2.67 bits per heavy atom. The Morgan fingerprint density at radius 1 is 1.08 bits per heavy atom. The van der Waals surface area contributed by atoms with Gasteiger partial charge in [-0.05, 0) is 81.2 Å². The number of benzene rings is 3. The fourth-order valence-corrected chi connectivity index (χ4v) is 5.08. The van der Waals surface area contributed by atoms with E-state index in [1.54, 1.807) is 37.6 Å². The van der Waals surface area contributed by atoms with Gasteiger partial charge in [-0.1, -0.05) is 28.1 Å². The average molecular weight is 676 g/mol. The van der Waals surface area contributed by atoms with Crippen LogP contribution in [0.1, 0.15) is 12.5 Å². The van der Waals surface area contributed by atoms with Crippen molar-refractivity contribution in [3.05, 3.63) is 83.9 Å². The van der Waals surface area contributed by atoms with Crippen molar-refractivity contribution < 1.29 is 13.9 Å². The molecule has 0 aliphatic rings. The lowest BCUT2D eigenvalue weighted by atomic mass is 10.2. The van der Waals surface area contributed by atoms with Crippen molar-refractivity contribution >= 4 is 75.9 Å². The first-order valence-electron chi connectivity index (χ1n) is 10.9. The van der Waals surface area contributed by atoms with Crippen LogP contribution in [-0.2, 0) is 0 Å². The first-order valence-corrected chi connectivity index (χ1v) is 13.2. The molecule has 182 valence electrons. The molecule has 0 amide bonds. The Labute approximate surface area is 231 Å². The molecule has 3 aromatic carbocycles. The zero-order valence-electron chi connectivity index (χ0n) is 19.1. The van der Waals surface area contributed by atoms with E-state index in [1.165, 1.54) is 4.68 Å². The number of fused-ring (bicyclic) bond motifs is 2. The molecule has 10 heteroatoms. The number of rotatable bonds is 6. The number of halogens is 3. The molecule has 36 heavy (non-hydrogen) atoms. The van der Waals surface area contributed by atoms with Crippen molar-refractivity contribution in [1.29, 1.82) is 0 Å². The first kappa shape index (κ1) is 24.7. The normalized spacial score (nSPS) is 11.6. The van der Waals surface area contributed by atoms with Crippen LogP contribution in [0.3, 0.4) is 0 Å². The van der Waals surface area contributed by atoms with Crippen LogP contribution in [0.25, 0.3) is 33.5 Å². The van der Waals surface area contributed by atoms with Gasteiger partial charge in [-0.15, -0.1) is 0 Å². The van der Waals surface area contributed by atoms with Crippen molar-refractivity contribution in [3.63, 3.8) is 0 Å². The van der Waals surface area contributed by atoms with E-state index < -0.39 is 0 Å². The third kappa shape index (κ3) is 4.49. The van der Waals surface area contributed by atoms with Crippen molar-refractivity contribution in [3.8, 4) is 23.1 Å². The molecule has 7 nitrogen and oxygen atoms in total. The van der Waals surface area contributed by atoms with Gasteiger partial charge in [0, 0.05) is 19.9 Å². The summed E-state index contributed by atoms with van der Waals surface area (Å²) in [5, 5.41) is 5.86. The number of hydrogen-bond acceptors (Lipinski definition) is 6. The zero-order valence-corrected chi connectivity index (χ0v) is 23.8. The zero-order chi connectivity index (χ0) is 25.4. The first-order chi connectivity index (χ1) is 17.4. The maximum Gasteiger partial charge on any atom is 0.282 e. The van der Waals surface area contributed by atoms with Crippen molar-refractivity contribution in [2.75, 3.05) is 13.7 Å². The summed E-state index contributed by atoms with van der Waals surface area (Å²) in [6.07, 6.45) is 1.56. The second kappa shape index (κ2) is 10.2. The molecule has 0 aliphatic carbocycles. The van der Waals surface area contributed by atoms with E-state index in [4.69, 9.17) is 18.9 Å². The fraction of sp³-hybridized carbons (Fsp3) is 0.115. The summed E-state index contributed by atoms with van der Waals surface area (Å²) in [7, 11) is 1.56. The lowest BCUT2D eigenvalue weighted by Gasteiger charge is -2.14. The van der Waals surface area contributed by atoms with Gasteiger partial charge in [0.15, 0.2) is 17.3 Å². The number of ether oxygens (including phenoxy) is 2. The SMILES string of the molecule is CCOc1c(OC)cc(C=Nn2c(-c3cc4cc(Br)ccc4o3)nc3ccccc3c2=O)c(Br)c1Br. The summed E-state index contributed by atoms with van der Waals surface area (Å²) in [6.45, 7) is 2.37. The Kier molecular flexibility index (Phi) is 7.00. The molecular weight excluding hydrogens is 658 g/mol. The minimum atomic E-state index is -0.318. The van der Waals surface area contributed by atoms with Gasteiger partial charge in [0.05, 0.1) is 35.3 Å². The maximum atomic E-state index is 13.5. The van der Waals surface area contributed by atoms with Crippen molar-refractivity contribution in [2.24, 2.45) is 5.10 Å². The highest BCUT2D eigenvalue weighted by Crippen LogP contribution is 2.42. The average Bonchev–Trinajstić information content (AvgIpc) is 3.30. The summed E-state index contributed by atoms with van der Waals surface area (Å²) in [5.74, 6) is 1.81. The molecule has 5 aromatic rings. The van der Waals surface area contributed by atoms with Crippen LogP contribution in [-0.4, -0.2) is 29.6 Å². The minimum Gasteiger partial charge on any atom is -0.493 e. The molecule has 2 heterocycles. The third-order valence-corrected chi connectivity index (χ3v) is 8.07. The van der Waals surface area contributed by atoms with Gasteiger partial charge >= 0.3 is 0 Å². The largest absolute Gasteiger partial charge is 0.493 e. The lowest BCUT2D eigenvalue weighted by Crippen LogP contribution is -2.20. The van der Waals surface area contributed by atoms with Crippen LogP contribution in [0.4, 0.5) is 0 Å². The Hall–Kier alpha value is -2.95. The monoisotopic (exact) mass is 673 g/mol. The van der Waals surface area contributed by atoms with Crippen LogP contribution < -0.4 is 15.0 Å². The Bertz CT molecular complexity index is 1710. The quantitative estimate of drug-likeness (QED) is 0.176. The molecule has 0 radical (unpaired) electrons.